The van der Waals surface area contributed by atoms with Gasteiger partial charge in [-0.15, -0.1) is 0 Å². The van der Waals surface area contributed by atoms with Gasteiger partial charge in [0.15, 0.2) is 6.10 Å². The standard InChI is InChI=1S/C59H100O5/c1-4-7-10-13-16-19-21-23-25-27-29-31-33-35-37-39-42-45-48-51-54-62-55-57(64-59(61)53-50-47-44-40-18-15-12-9-6-3)56-63-58(60)52-49-46-43-41-38-36-34-32-30-28-26-24-22-20-17-14-11-8-5-2/h8,11,16-17,19-20,23-26,29-32,36,38,57H,4-7,9-10,12-15,18,21-22,27-28,33-35,37,39-56H2,1-3H3/b11-8-,19-16-,20-17-,25-23-,26-24-,31-29-,32-30-,38-36-. The van der Waals surface area contributed by atoms with E-state index in [1.165, 1.54) is 109 Å². The molecule has 0 aliphatic heterocycles. The predicted octanol–water partition coefficient (Wildman–Crippen LogP) is 18.2. The Bertz CT molecular complexity index is 1230. The minimum Gasteiger partial charge on any atom is -0.462 e. The van der Waals surface area contributed by atoms with Crippen LogP contribution in [0.15, 0.2) is 97.2 Å². The first-order valence-electron chi connectivity index (χ1n) is 26.8. The SMILES string of the molecule is CC/C=C\C/C=C\C/C=C\C/C=C\C/C=C\CCCCCC(=O)OCC(COCCCCCCCCC/C=C\C/C=C\C/C=C\CCCCC)OC(=O)CCCCCCCCCCC. The van der Waals surface area contributed by atoms with Crippen LogP contribution in [0.4, 0.5) is 0 Å². The third-order valence-corrected chi connectivity index (χ3v) is 11.1. The van der Waals surface area contributed by atoms with E-state index in [1.54, 1.807) is 0 Å². The van der Waals surface area contributed by atoms with Gasteiger partial charge in [-0.2, -0.15) is 0 Å². The molecule has 0 rings (SSSR count). The molecule has 64 heavy (non-hydrogen) atoms. The lowest BCUT2D eigenvalue weighted by molar-refractivity contribution is -0.163. The fourth-order valence-electron chi connectivity index (χ4n) is 7.13. The van der Waals surface area contributed by atoms with E-state index in [0.29, 0.717) is 19.4 Å². The lowest BCUT2D eigenvalue weighted by Crippen LogP contribution is -2.30. The summed E-state index contributed by atoms with van der Waals surface area (Å²) in [6, 6.07) is 0. The monoisotopic (exact) mass is 889 g/mol. The summed E-state index contributed by atoms with van der Waals surface area (Å²) in [6.45, 7) is 7.62. The normalized spacial score (nSPS) is 13.0. The zero-order chi connectivity index (χ0) is 46.3. The Kier molecular flexibility index (Phi) is 51.5. The maximum atomic E-state index is 12.7. The van der Waals surface area contributed by atoms with E-state index in [2.05, 4.69) is 118 Å². The summed E-state index contributed by atoms with van der Waals surface area (Å²) in [5, 5.41) is 0. The number of ether oxygens (including phenoxy) is 3. The number of carbonyl (C=O) groups excluding carboxylic acids is 2. The van der Waals surface area contributed by atoms with Crippen LogP contribution in [0.2, 0.25) is 0 Å². The van der Waals surface area contributed by atoms with Gasteiger partial charge in [-0.1, -0.05) is 221 Å². The Morgan fingerprint density at radius 1 is 0.359 bits per heavy atom. The molecule has 0 amide bonds. The molecule has 0 radical (unpaired) electrons. The van der Waals surface area contributed by atoms with Gasteiger partial charge < -0.3 is 14.2 Å². The van der Waals surface area contributed by atoms with Crippen LogP contribution in [0.5, 0.6) is 0 Å². The van der Waals surface area contributed by atoms with Gasteiger partial charge in [0.05, 0.1) is 6.61 Å². The second kappa shape index (κ2) is 54.2. The molecule has 1 atom stereocenters. The van der Waals surface area contributed by atoms with Gasteiger partial charge in [0.1, 0.15) is 6.61 Å². The molecule has 0 saturated heterocycles. The van der Waals surface area contributed by atoms with Crippen LogP contribution in [0, 0.1) is 0 Å². The number of carbonyl (C=O) groups is 2. The molecule has 0 N–H and O–H groups in total. The van der Waals surface area contributed by atoms with Gasteiger partial charge in [0.2, 0.25) is 0 Å². The molecule has 0 spiro atoms. The molecule has 0 aromatic heterocycles. The number of unbranched alkanes of at least 4 members (excludes halogenated alkanes) is 21. The average molecular weight is 889 g/mol. The molecule has 366 valence electrons. The zero-order valence-corrected chi connectivity index (χ0v) is 42.0. The van der Waals surface area contributed by atoms with E-state index >= 15 is 0 Å². The van der Waals surface area contributed by atoms with Gasteiger partial charge in [-0.3, -0.25) is 9.59 Å². The molecule has 1 unspecified atom stereocenters. The predicted molar refractivity (Wildman–Crippen MR) is 279 cm³/mol. The summed E-state index contributed by atoms with van der Waals surface area (Å²) in [4.78, 5) is 25.3. The van der Waals surface area contributed by atoms with Crippen molar-refractivity contribution in [3.05, 3.63) is 97.2 Å². The number of rotatable bonds is 48. The van der Waals surface area contributed by atoms with E-state index in [-0.39, 0.29) is 25.2 Å². The van der Waals surface area contributed by atoms with Crippen molar-refractivity contribution in [2.75, 3.05) is 19.8 Å². The molecule has 0 fully saturated rings. The molecular formula is C59H100O5. The van der Waals surface area contributed by atoms with Crippen LogP contribution in [-0.2, 0) is 23.8 Å². The number of hydrogen-bond acceptors (Lipinski definition) is 5. The lowest BCUT2D eigenvalue weighted by atomic mass is 10.1. The lowest BCUT2D eigenvalue weighted by Gasteiger charge is -2.18. The summed E-state index contributed by atoms with van der Waals surface area (Å²) in [7, 11) is 0. The van der Waals surface area contributed by atoms with Crippen LogP contribution in [0.1, 0.15) is 239 Å². The molecule has 0 heterocycles. The van der Waals surface area contributed by atoms with E-state index in [0.717, 1.165) is 96.3 Å². The first-order valence-corrected chi connectivity index (χ1v) is 26.8. The average Bonchev–Trinajstić information content (AvgIpc) is 3.30. The number of esters is 2. The van der Waals surface area contributed by atoms with Crippen molar-refractivity contribution in [1.29, 1.82) is 0 Å². The van der Waals surface area contributed by atoms with Crippen LogP contribution >= 0.6 is 0 Å². The third kappa shape index (κ3) is 51.5. The van der Waals surface area contributed by atoms with Gasteiger partial charge in [-0.05, 0) is 103 Å². The maximum Gasteiger partial charge on any atom is 0.306 e. The highest BCUT2D eigenvalue weighted by Crippen LogP contribution is 2.13. The Morgan fingerprint density at radius 3 is 1.17 bits per heavy atom. The van der Waals surface area contributed by atoms with Crippen molar-refractivity contribution in [3.8, 4) is 0 Å². The van der Waals surface area contributed by atoms with Gasteiger partial charge in [0.25, 0.3) is 0 Å². The minimum absolute atomic E-state index is 0.0606. The van der Waals surface area contributed by atoms with E-state index < -0.39 is 6.10 Å². The Balaban J connectivity index is 4.27. The molecule has 5 nitrogen and oxygen atoms in total. The summed E-state index contributed by atoms with van der Waals surface area (Å²) < 4.78 is 17.4. The van der Waals surface area contributed by atoms with E-state index in [9.17, 15) is 9.59 Å². The molecule has 0 aromatic carbocycles. The second-order valence-electron chi connectivity index (χ2n) is 17.4. The first kappa shape index (κ1) is 60.8. The highest BCUT2D eigenvalue weighted by molar-refractivity contribution is 5.70. The first-order chi connectivity index (χ1) is 31.6. The van der Waals surface area contributed by atoms with Crippen molar-refractivity contribution < 1.29 is 23.8 Å². The third-order valence-electron chi connectivity index (χ3n) is 11.1. The molecule has 0 aliphatic carbocycles. The fourth-order valence-corrected chi connectivity index (χ4v) is 7.13. The van der Waals surface area contributed by atoms with Crippen LogP contribution in [0.3, 0.4) is 0 Å². The van der Waals surface area contributed by atoms with Crippen molar-refractivity contribution in [3.63, 3.8) is 0 Å². The van der Waals surface area contributed by atoms with Gasteiger partial charge in [-0.25, -0.2) is 0 Å². The van der Waals surface area contributed by atoms with E-state index in [1.807, 2.05) is 0 Å². The van der Waals surface area contributed by atoms with Crippen LogP contribution < -0.4 is 0 Å². The van der Waals surface area contributed by atoms with Gasteiger partial charge >= 0.3 is 11.9 Å². The summed E-state index contributed by atoms with van der Waals surface area (Å²) in [5.74, 6) is -0.443. The smallest absolute Gasteiger partial charge is 0.306 e. The highest BCUT2D eigenvalue weighted by atomic mass is 16.6. The van der Waals surface area contributed by atoms with Crippen molar-refractivity contribution in [1.82, 2.24) is 0 Å². The van der Waals surface area contributed by atoms with Crippen LogP contribution in [0.25, 0.3) is 0 Å². The zero-order valence-electron chi connectivity index (χ0n) is 42.0. The van der Waals surface area contributed by atoms with Crippen molar-refractivity contribution in [2.45, 2.75) is 245 Å². The summed E-state index contributed by atoms with van der Waals surface area (Å²) in [5.41, 5.74) is 0. The molecule has 0 aromatic rings. The largest absolute Gasteiger partial charge is 0.462 e. The molecule has 0 aliphatic rings. The number of hydrogen-bond donors (Lipinski definition) is 0. The molecule has 0 bridgehead atoms. The molecule has 0 saturated carbocycles. The quantitative estimate of drug-likeness (QED) is 0.0346. The Labute approximate surface area is 396 Å². The van der Waals surface area contributed by atoms with Crippen molar-refractivity contribution >= 4 is 11.9 Å². The molecule has 5 heteroatoms. The minimum atomic E-state index is -0.558. The van der Waals surface area contributed by atoms with Crippen molar-refractivity contribution in [2.24, 2.45) is 0 Å². The second-order valence-corrected chi connectivity index (χ2v) is 17.4. The molecular weight excluding hydrogens is 789 g/mol. The highest BCUT2D eigenvalue weighted by Gasteiger charge is 2.17. The Hall–Kier alpha value is -3.18. The topological polar surface area (TPSA) is 61.8 Å². The Morgan fingerprint density at radius 2 is 0.703 bits per heavy atom. The number of allylic oxidation sites excluding steroid dienone is 16. The summed E-state index contributed by atoms with van der Waals surface area (Å²) in [6.07, 6.45) is 72.8. The van der Waals surface area contributed by atoms with E-state index in [4.69, 9.17) is 14.2 Å². The van der Waals surface area contributed by atoms with Crippen LogP contribution in [-0.4, -0.2) is 37.9 Å². The van der Waals surface area contributed by atoms with Gasteiger partial charge in [0, 0.05) is 19.4 Å². The summed E-state index contributed by atoms with van der Waals surface area (Å²) >= 11 is 0. The fraction of sp³-hybridized carbons (Fsp3) is 0.695. The maximum absolute atomic E-state index is 12.7.